The fraction of sp³-hybridized carbons (Fsp3) is 0.333. The lowest BCUT2D eigenvalue weighted by Gasteiger charge is -2.26. The van der Waals surface area contributed by atoms with E-state index in [9.17, 15) is 18.0 Å². The highest BCUT2D eigenvalue weighted by Gasteiger charge is 2.26. The van der Waals surface area contributed by atoms with Crippen molar-refractivity contribution in [1.29, 1.82) is 0 Å². The largest absolute Gasteiger partial charge is 0.454 e. The van der Waals surface area contributed by atoms with Crippen molar-refractivity contribution in [3.05, 3.63) is 64.7 Å². The topological polar surface area (TPSA) is 90.0 Å². The molecule has 0 unspecified atom stereocenters. The van der Waals surface area contributed by atoms with Gasteiger partial charge in [-0.3, -0.25) is 4.79 Å². The second-order valence-electron chi connectivity index (χ2n) is 6.86. The second-order valence-corrected chi connectivity index (χ2v) is 8.80. The summed E-state index contributed by atoms with van der Waals surface area (Å²) in [6.07, 6.45) is 0. The summed E-state index contributed by atoms with van der Waals surface area (Å²) in [6, 6.07) is 11.0. The smallest absolute Gasteiger partial charge is 0.338 e. The molecule has 3 rings (SSSR count). The zero-order chi connectivity index (χ0) is 21.0. The highest BCUT2D eigenvalue weighted by Crippen LogP contribution is 2.18. The van der Waals surface area contributed by atoms with E-state index in [1.165, 1.54) is 28.6 Å². The van der Waals surface area contributed by atoms with E-state index in [0.717, 1.165) is 11.1 Å². The molecular formula is C21H23NO6S. The molecule has 0 atom stereocenters. The van der Waals surface area contributed by atoms with Crippen LogP contribution in [0.5, 0.6) is 0 Å². The van der Waals surface area contributed by atoms with Gasteiger partial charge in [0.1, 0.15) is 0 Å². The summed E-state index contributed by atoms with van der Waals surface area (Å²) in [5.41, 5.74) is 2.50. The Morgan fingerprint density at radius 3 is 2.31 bits per heavy atom. The Kier molecular flexibility index (Phi) is 6.46. The van der Waals surface area contributed by atoms with Crippen LogP contribution >= 0.6 is 0 Å². The van der Waals surface area contributed by atoms with Gasteiger partial charge in [-0.2, -0.15) is 4.31 Å². The fourth-order valence-corrected chi connectivity index (χ4v) is 4.49. The fourth-order valence-electron chi connectivity index (χ4n) is 3.08. The van der Waals surface area contributed by atoms with Crippen molar-refractivity contribution in [2.45, 2.75) is 18.7 Å². The highest BCUT2D eigenvalue weighted by molar-refractivity contribution is 7.89. The molecule has 7 nitrogen and oxygen atoms in total. The summed E-state index contributed by atoms with van der Waals surface area (Å²) < 4.78 is 36.9. The molecule has 0 N–H and O–H groups in total. The van der Waals surface area contributed by atoms with Crippen molar-refractivity contribution in [2.24, 2.45) is 0 Å². The van der Waals surface area contributed by atoms with Gasteiger partial charge < -0.3 is 9.47 Å². The van der Waals surface area contributed by atoms with Crippen molar-refractivity contribution < 1.29 is 27.5 Å². The summed E-state index contributed by atoms with van der Waals surface area (Å²) in [4.78, 5) is 24.6. The molecule has 0 radical (unpaired) electrons. The predicted octanol–water partition coefficient (Wildman–Crippen LogP) is 2.36. The van der Waals surface area contributed by atoms with Crippen LogP contribution in [-0.2, 0) is 19.5 Å². The lowest BCUT2D eigenvalue weighted by atomic mass is 10.1. The second kappa shape index (κ2) is 8.86. The summed E-state index contributed by atoms with van der Waals surface area (Å²) in [5, 5.41) is 0. The van der Waals surface area contributed by atoms with E-state index in [1.54, 1.807) is 19.1 Å². The maximum Gasteiger partial charge on any atom is 0.338 e. The van der Waals surface area contributed by atoms with Crippen molar-refractivity contribution in [1.82, 2.24) is 4.31 Å². The number of sulfonamides is 1. The van der Waals surface area contributed by atoms with Crippen LogP contribution in [0, 0.1) is 13.8 Å². The number of benzene rings is 2. The summed E-state index contributed by atoms with van der Waals surface area (Å²) in [5.74, 6) is -0.971. The van der Waals surface area contributed by atoms with Crippen molar-refractivity contribution >= 4 is 21.8 Å². The molecular weight excluding hydrogens is 394 g/mol. The van der Waals surface area contributed by atoms with Gasteiger partial charge in [-0.15, -0.1) is 0 Å². The zero-order valence-electron chi connectivity index (χ0n) is 16.4. The third-order valence-electron chi connectivity index (χ3n) is 4.72. The first-order valence-corrected chi connectivity index (χ1v) is 10.7. The first kappa shape index (κ1) is 21.2. The molecule has 2 aromatic carbocycles. The van der Waals surface area contributed by atoms with Crippen LogP contribution in [0.1, 0.15) is 31.8 Å². The highest BCUT2D eigenvalue weighted by atomic mass is 32.2. The molecule has 0 aromatic heterocycles. The number of nitrogens with zero attached hydrogens (tertiary/aromatic N) is 1. The van der Waals surface area contributed by atoms with Crippen LogP contribution in [0.4, 0.5) is 0 Å². The minimum absolute atomic E-state index is 0.114. The summed E-state index contributed by atoms with van der Waals surface area (Å²) in [7, 11) is -3.62. The van der Waals surface area contributed by atoms with Gasteiger partial charge in [-0.05, 0) is 49.7 Å². The third-order valence-corrected chi connectivity index (χ3v) is 6.63. The van der Waals surface area contributed by atoms with Crippen LogP contribution in [-0.4, -0.2) is 57.4 Å². The van der Waals surface area contributed by atoms with Crippen molar-refractivity contribution in [3.63, 3.8) is 0 Å². The molecule has 0 spiro atoms. The minimum Gasteiger partial charge on any atom is -0.454 e. The average Bonchev–Trinajstić information content (AvgIpc) is 2.72. The first-order valence-electron chi connectivity index (χ1n) is 9.24. The normalized spacial score (nSPS) is 15.1. The van der Waals surface area contributed by atoms with E-state index in [4.69, 9.17) is 9.47 Å². The van der Waals surface area contributed by atoms with Crippen LogP contribution in [0.25, 0.3) is 0 Å². The van der Waals surface area contributed by atoms with E-state index in [1.807, 2.05) is 13.0 Å². The number of aryl methyl sites for hydroxylation is 2. The number of rotatable bonds is 6. The molecule has 1 aliphatic rings. The Hall–Kier alpha value is -2.55. The van der Waals surface area contributed by atoms with Gasteiger partial charge in [0.05, 0.1) is 23.7 Å². The maximum absolute atomic E-state index is 12.6. The number of morpholine rings is 1. The van der Waals surface area contributed by atoms with Crippen molar-refractivity contribution in [2.75, 3.05) is 32.9 Å². The number of ketones is 1. The van der Waals surface area contributed by atoms with Gasteiger partial charge in [0.25, 0.3) is 0 Å². The van der Waals surface area contributed by atoms with Crippen LogP contribution in [0.3, 0.4) is 0 Å². The Balaban J connectivity index is 1.63. The Labute approximate surface area is 170 Å². The van der Waals surface area contributed by atoms with E-state index < -0.39 is 28.4 Å². The van der Waals surface area contributed by atoms with Gasteiger partial charge in [-0.1, -0.05) is 17.7 Å². The number of ether oxygens (including phenoxy) is 2. The third kappa shape index (κ3) is 4.90. The van der Waals surface area contributed by atoms with E-state index >= 15 is 0 Å². The predicted molar refractivity (Wildman–Crippen MR) is 107 cm³/mol. The average molecular weight is 417 g/mol. The summed E-state index contributed by atoms with van der Waals surface area (Å²) >= 11 is 0. The molecule has 154 valence electrons. The number of carbonyl (C=O) groups excluding carboxylic acids is 2. The van der Waals surface area contributed by atoms with Crippen LogP contribution < -0.4 is 0 Å². The lowest BCUT2D eigenvalue weighted by Crippen LogP contribution is -2.40. The minimum atomic E-state index is -3.62. The Morgan fingerprint density at radius 1 is 1.03 bits per heavy atom. The molecule has 1 aliphatic heterocycles. The molecule has 1 saturated heterocycles. The lowest BCUT2D eigenvalue weighted by molar-refractivity contribution is 0.0474. The number of Topliss-reactive ketones (excluding diaryl/α,β-unsaturated/α-hetero) is 1. The Morgan fingerprint density at radius 2 is 1.69 bits per heavy atom. The monoisotopic (exact) mass is 417 g/mol. The van der Waals surface area contributed by atoms with Crippen LogP contribution in [0.2, 0.25) is 0 Å². The van der Waals surface area contributed by atoms with Crippen molar-refractivity contribution in [3.8, 4) is 0 Å². The van der Waals surface area contributed by atoms with E-state index in [0.29, 0.717) is 31.9 Å². The molecule has 29 heavy (non-hydrogen) atoms. The molecule has 2 aromatic rings. The number of esters is 1. The SMILES string of the molecule is Cc1ccc(C(=O)OCC(=O)c2ccc(S(=O)(=O)N3CCOCC3)cc2)c(C)c1. The molecule has 8 heteroatoms. The van der Waals surface area contributed by atoms with E-state index in [2.05, 4.69) is 0 Å². The molecule has 1 heterocycles. The van der Waals surface area contributed by atoms with Gasteiger partial charge in [-0.25, -0.2) is 13.2 Å². The van der Waals surface area contributed by atoms with E-state index in [-0.39, 0.29) is 10.5 Å². The Bertz CT molecular complexity index is 1010. The maximum atomic E-state index is 12.6. The number of hydrogen-bond acceptors (Lipinski definition) is 6. The molecule has 0 saturated carbocycles. The van der Waals surface area contributed by atoms with Crippen LogP contribution in [0.15, 0.2) is 47.4 Å². The first-order chi connectivity index (χ1) is 13.8. The number of hydrogen-bond donors (Lipinski definition) is 0. The zero-order valence-corrected chi connectivity index (χ0v) is 17.2. The molecule has 0 aliphatic carbocycles. The van der Waals surface area contributed by atoms with Gasteiger partial charge in [0, 0.05) is 18.7 Å². The van der Waals surface area contributed by atoms with Gasteiger partial charge in [0.2, 0.25) is 10.0 Å². The number of carbonyl (C=O) groups is 2. The summed E-state index contributed by atoms with van der Waals surface area (Å²) in [6.45, 7) is 4.65. The molecule has 0 bridgehead atoms. The van der Waals surface area contributed by atoms with Gasteiger partial charge >= 0.3 is 5.97 Å². The van der Waals surface area contributed by atoms with Gasteiger partial charge in [0.15, 0.2) is 12.4 Å². The standard InChI is InChI=1S/C21H23NO6S/c1-15-3-8-19(16(2)13-15)21(24)28-14-20(23)17-4-6-18(7-5-17)29(25,26)22-9-11-27-12-10-22/h3-8,13H,9-12,14H2,1-2H3. The quantitative estimate of drug-likeness (QED) is 0.529. The molecule has 1 fully saturated rings. The molecule has 0 amide bonds.